The van der Waals surface area contributed by atoms with Crippen LogP contribution in [0.25, 0.3) is 22.2 Å². The van der Waals surface area contributed by atoms with Gasteiger partial charge < -0.3 is 9.80 Å². The molecule has 27 heavy (non-hydrogen) atoms. The second-order valence-corrected chi connectivity index (χ2v) is 7.55. The molecule has 1 aliphatic rings. The average Bonchev–Trinajstić information content (AvgIpc) is 3.28. The van der Waals surface area contributed by atoms with Gasteiger partial charge in [0.25, 0.3) is 5.91 Å². The Hall–Kier alpha value is -2.73. The van der Waals surface area contributed by atoms with Gasteiger partial charge in [0.05, 0.1) is 23.0 Å². The molecule has 140 valence electrons. The van der Waals surface area contributed by atoms with E-state index in [0.29, 0.717) is 5.56 Å². The first-order valence-corrected chi connectivity index (χ1v) is 9.29. The summed E-state index contributed by atoms with van der Waals surface area (Å²) in [7, 11) is 5.90. The zero-order valence-corrected chi connectivity index (χ0v) is 16.3. The Morgan fingerprint density at radius 1 is 1.30 bits per heavy atom. The van der Waals surface area contributed by atoms with E-state index in [2.05, 4.69) is 17.0 Å². The van der Waals surface area contributed by atoms with Crippen molar-refractivity contribution in [2.45, 2.75) is 19.4 Å². The van der Waals surface area contributed by atoms with E-state index >= 15 is 0 Å². The number of carbonyl (C=O) groups excluding carboxylic acids is 1. The first-order chi connectivity index (χ1) is 12.9. The van der Waals surface area contributed by atoms with Crippen LogP contribution in [0.15, 0.2) is 36.7 Å². The number of nitrogens with zero attached hydrogens (tertiary/aromatic N) is 5. The second-order valence-electron chi connectivity index (χ2n) is 7.55. The predicted molar refractivity (Wildman–Crippen MR) is 107 cm³/mol. The highest BCUT2D eigenvalue weighted by Gasteiger charge is 2.28. The summed E-state index contributed by atoms with van der Waals surface area (Å²) >= 11 is 0. The van der Waals surface area contributed by atoms with E-state index in [1.165, 1.54) is 0 Å². The first kappa shape index (κ1) is 17.7. The highest BCUT2D eigenvalue weighted by molar-refractivity contribution is 6.07. The molecule has 0 saturated carbocycles. The minimum absolute atomic E-state index is 0.0541. The number of para-hydroxylation sites is 1. The van der Waals surface area contributed by atoms with Crippen LogP contribution in [-0.4, -0.2) is 63.7 Å². The summed E-state index contributed by atoms with van der Waals surface area (Å²) in [5.74, 6) is 0.0541. The summed E-state index contributed by atoms with van der Waals surface area (Å²) < 4.78 is 1.75. The lowest BCUT2D eigenvalue weighted by molar-refractivity contribution is 0.0739. The summed E-state index contributed by atoms with van der Waals surface area (Å²) in [6.45, 7) is 3.98. The van der Waals surface area contributed by atoms with Gasteiger partial charge in [0, 0.05) is 43.8 Å². The van der Waals surface area contributed by atoms with Gasteiger partial charge in [-0.2, -0.15) is 5.10 Å². The number of hydrogen-bond donors (Lipinski definition) is 0. The lowest BCUT2D eigenvalue weighted by Gasteiger charge is -2.25. The number of carbonyl (C=O) groups is 1. The van der Waals surface area contributed by atoms with Gasteiger partial charge >= 0.3 is 0 Å². The highest BCUT2D eigenvalue weighted by atomic mass is 16.2. The van der Waals surface area contributed by atoms with Crippen LogP contribution >= 0.6 is 0 Å². The average molecular weight is 363 g/mol. The molecule has 0 radical (unpaired) electrons. The summed E-state index contributed by atoms with van der Waals surface area (Å²) in [6.07, 6.45) is 4.73. The molecule has 1 aromatic carbocycles. The number of aromatic nitrogens is 3. The van der Waals surface area contributed by atoms with E-state index in [0.717, 1.165) is 47.2 Å². The molecule has 0 N–H and O–H groups in total. The number of pyridine rings is 1. The molecule has 0 spiro atoms. The van der Waals surface area contributed by atoms with Crippen LogP contribution in [-0.2, 0) is 7.05 Å². The van der Waals surface area contributed by atoms with Crippen molar-refractivity contribution in [2.75, 3.05) is 27.2 Å². The minimum atomic E-state index is 0.0541. The molecular formula is C21H25N5O. The van der Waals surface area contributed by atoms with Crippen molar-refractivity contribution in [2.24, 2.45) is 7.05 Å². The number of aryl methyl sites for hydroxylation is 2. The Bertz CT molecular complexity index is 1010. The number of amides is 1. The smallest absolute Gasteiger partial charge is 0.254 e. The van der Waals surface area contributed by atoms with Crippen molar-refractivity contribution in [3.8, 4) is 11.3 Å². The third-order valence-electron chi connectivity index (χ3n) is 5.51. The van der Waals surface area contributed by atoms with Crippen molar-refractivity contribution < 1.29 is 4.79 Å². The fraction of sp³-hybridized carbons (Fsp3) is 0.381. The molecule has 2 aromatic heterocycles. The molecule has 3 heterocycles. The third kappa shape index (κ3) is 3.21. The fourth-order valence-corrected chi connectivity index (χ4v) is 3.85. The van der Waals surface area contributed by atoms with Crippen molar-refractivity contribution >= 4 is 16.8 Å². The van der Waals surface area contributed by atoms with Gasteiger partial charge in [0.15, 0.2) is 0 Å². The molecule has 1 saturated heterocycles. The fourth-order valence-electron chi connectivity index (χ4n) is 3.85. The molecule has 0 aliphatic carbocycles. The molecule has 0 unspecified atom stereocenters. The maximum Gasteiger partial charge on any atom is 0.254 e. The van der Waals surface area contributed by atoms with Crippen LogP contribution in [0.1, 0.15) is 22.3 Å². The Kier molecular flexibility index (Phi) is 4.44. The van der Waals surface area contributed by atoms with E-state index in [1.807, 2.05) is 56.4 Å². The second kappa shape index (κ2) is 6.78. The van der Waals surface area contributed by atoms with Gasteiger partial charge in [-0.25, -0.2) is 4.98 Å². The largest absolute Gasteiger partial charge is 0.337 e. The molecular weight excluding hydrogens is 338 g/mol. The van der Waals surface area contributed by atoms with E-state index in [-0.39, 0.29) is 11.9 Å². The standard InChI is InChI=1S/C21H25N5O/c1-14-6-5-7-17-18(21(27)26(4)16-8-9-24(2)13-16)10-19(23-20(14)17)15-11-22-25(3)12-15/h5-7,10-12,16H,8-9,13H2,1-4H3/t16-/m0/s1. The van der Waals surface area contributed by atoms with Crippen molar-refractivity contribution in [3.05, 3.63) is 47.8 Å². The number of hydrogen-bond acceptors (Lipinski definition) is 4. The van der Waals surface area contributed by atoms with Crippen LogP contribution in [0, 0.1) is 6.92 Å². The lowest BCUT2D eigenvalue weighted by atomic mass is 10.0. The molecule has 6 nitrogen and oxygen atoms in total. The molecule has 3 aromatic rings. The van der Waals surface area contributed by atoms with Gasteiger partial charge in [0.2, 0.25) is 0 Å². The van der Waals surface area contributed by atoms with Crippen molar-refractivity contribution in [1.29, 1.82) is 0 Å². The minimum Gasteiger partial charge on any atom is -0.337 e. The number of likely N-dealkylation sites (tertiary alicyclic amines) is 1. The zero-order chi connectivity index (χ0) is 19.1. The molecule has 6 heteroatoms. The molecule has 1 atom stereocenters. The third-order valence-corrected chi connectivity index (χ3v) is 5.51. The molecule has 4 rings (SSSR count). The van der Waals surface area contributed by atoms with E-state index in [9.17, 15) is 4.79 Å². The Labute approximate surface area is 159 Å². The summed E-state index contributed by atoms with van der Waals surface area (Å²) in [4.78, 5) is 22.4. The predicted octanol–water partition coefficient (Wildman–Crippen LogP) is 2.72. The number of rotatable bonds is 3. The van der Waals surface area contributed by atoms with E-state index < -0.39 is 0 Å². The number of benzene rings is 1. The van der Waals surface area contributed by atoms with Crippen LogP contribution in [0.3, 0.4) is 0 Å². The Morgan fingerprint density at radius 3 is 2.78 bits per heavy atom. The van der Waals surface area contributed by atoms with Crippen LogP contribution in [0.4, 0.5) is 0 Å². The molecule has 1 aliphatic heterocycles. The topological polar surface area (TPSA) is 54.3 Å². The summed E-state index contributed by atoms with van der Waals surface area (Å²) in [5, 5.41) is 5.16. The lowest BCUT2D eigenvalue weighted by Crippen LogP contribution is -2.38. The van der Waals surface area contributed by atoms with Crippen LogP contribution < -0.4 is 0 Å². The van der Waals surface area contributed by atoms with Gasteiger partial charge in [-0.15, -0.1) is 0 Å². The van der Waals surface area contributed by atoms with Gasteiger partial charge in [-0.3, -0.25) is 9.48 Å². The summed E-state index contributed by atoms with van der Waals surface area (Å²) in [5.41, 5.74) is 4.35. The SMILES string of the molecule is Cc1cccc2c(C(=O)N(C)[C@H]3CCN(C)C3)cc(-c3cnn(C)c3)nc12. The molecule has 1 fully saturated rings. The van der Waals surface area contributed by atoms with Gasteiger partial charge in [-0.1, -0.05) is 18.2 Å². The first-order valence-electron chi connectivity index (χ1n) is 9.29. The molecule has 0 bridgehead atoms. The number of likely N-dealkylation sites (N-methyl/N-ethyl adjacent to an activating group) is 2. The molecule has 1 amide bonds. The maximum absolute atomic E-state index is 13.4. The maximum atomic E-state index is 13.4. The van der Waals surface area contributed by atoms with Crippen molar-refractivity contribution in [1.82, 2.24) is 24.6 Å². The number of fused-ring (bicyclic) bond motifs is 1. The van der Waals surface area contributed by atoms with Crippen molar-refractivity contribution in [3.63, 3.8) is 0 Å². The van der Waals surface area contributed by atoms with E-state index in [4.69, 9.17) is 4.98 Å². The Morgan fingerprint density at radius 2 is 2.11 bits per heavy atom. The quantitative estimate of drug-likeness (QED) is 0.718. The zero-order valence-electron chi connectivity index (χ0n) is 16.3. The van der Waals surface area contributed by atoms with Gasteiger partial charge in [0.1, 0.15) is 0 Å². The van der Waals surface area contributed by atoms with Gasteiger partial charge in [-0.05, 0) is 38.6 Å². The normalized spacial score (nSPS) is 17.6. The summed E-state index contributed by atoms with van der Waals surface area (Å²) in [6, 6.07) is 8.17. The highest BCUT2D eigenvalue weighted by Crippen LogP contribution is 2.28. The van der Waals surface area contributed by atoms with Crippen LogP contribution in [0.2, 0.25) is 0 Å². The Balaban J connectivity index is 1.83. The van der Waals surface area contributed by atoms with E-state index in [1.54, 1.807) is 10.9 Å². The van der Waals surface area contributed by atoms with Crippen LogP contribution in [0.5, 0.6) is 0 Å². The monoisotopic (exact) mass is 363 g/mol.